The number of rotatable bonds is 3. The van der Waals surface area contributed by atoms with E-state index in [1.54, 1.807) is 6.07 Å². The van der Waals surface area contributed by atoms with Crippen molar-refractivity contribution in [3.63, 3.8) is 0 Å². The average Bonchev–Trinajstić information content (AvgIpc) is 2.72. The Morgan fingerprint density at radius 1 is 1.39 bits per heavy atom. The third kappa shape index (κ3) is 3.83. The first-order valence-electron chi connectivity index (χ1n) is 8.31. The number of nitrogens with one attached hydrogen (secondary N) is 1. The van der Waals surface area contributed by atoms with Gasteiger partial charge in [-0.25, -0.2) is 23.2 Å². The van der Waals surface area contributed by atoms with Gasteiger partial charge >= 0.3 is 0 Å². The Kier molecular flexibility index (Phi) is 5.62. The number of pyridine rings is 1. The van der Waals surface area contributed by atoms with Gasteiger partial charge in [-0.05, 0) is 37.3 Å². The summed E-state index contributed by atoms with van der Waals surface area (Å²) in [5.74, 6) is 0.806. The number of ether oxygens (including phenoxy) is 1. The molecule has 1 amide bonds. The fraction of sp³-hybridized carbons (Fsp3) is 0.333. The zero-order valence-electron chi connectivity index (χ0n) is 14.9. The van der Waals surface area contributed by atoms with Crippen LogP contribution in [0.5, 0.6) is 0 Å². The SMILES string of the molecule is CC1(c2cc(NC(=O)c3ncccc3Cl)ccc2F)CN(N)COCC1(F)F. The van der Waals surface area contributed by atoms with Crippen LogP contribution in [0.3, 0.4) is 0 Å². The molecule has 28 heavy (non-hydrogen) atoms. The topological polar surface area (TPSA) is 80.5 Å². The van der Waals surface area contributed by atoms with Crippen LogP contribution in [-0.4, -0.2) is 41.7 Å². The number of anilines is 1. The molecule has 0 aliphatic carbocycles. The molecular formula is C18H18ClF3N4O2. The van der Waals surface area contributed by atoms with Crippen molar-refractivity contribution < 1.29 is 22.7 Å². The summed E-state index contributed by atoms with van der Waals surface area (Å²) in [5.41, 5.74) is -2.19. The van der Waals surface area contributed by atoms with Crippen molar-refractivity contribution >= 4 is 23.2 Å². The quantitative estimate of drug-likeness (QED) is 0.754. The van der Waals surface area contributed by atoms with E-state index in [1.165, 1.54) is 25.3 Å². The maximum atomic E-state index is 14.8. The summed E-state index contributed by atoms with van der Waals surface area (Å²) in [6, 6.07) is 6.49. The van der Waals surface area contributed by atoms with Crippen molar-refractivity contribution in [2.24, 2.45) is 5.84 Å². The maximum absolute atomic E-state index is 14.8. The largest absolute Gasteiger partial charge is 0.359 e. The summed E-state index contributed by atoms with van der Waals surface area (Å²) in [7, 11) is 0. The fourth-order valence-corrected chi connectivity index (χ4v) is 3.28. The molecule has 1 atom stereocenters. The Labute approximate surface area is 164 Å². The summed E-state index contributed by atoms with van der Waals surface area (Å²) in [6.45, 7) is -0.250. The van der Waals surface area contributed by atoms with Crippen LogP contribution in [0.2, 0.25) is 5.02 Å². The highest BCUT2D eigenvalue weighted by Crippen LogP contribution is 2.43. The minimum atomic E-state index is -3.39. The molecule has 3 rings (SSSR count). The van der Waals surface area contributed by atoms with Crippen LogP contribution in [0.25, 0.3) is 0 Å². The number of halogens is 4. The number of benzene rings is 1. The molecule has 1 aliphatic rings. The minimum absolute atomic E-state index is 0.0393. The molecule has 2 aromatic rings. The highest BCUT2D eigenvalue weighted by Gasteiger charge is 2.54. The highest BCUT2D eigenvalue weighted by atomic mass is 35.5. The van der Waals surface area contributed by atoms with Gasteiger partial charge in [-0.15, -0.1) is 0 Å². The zero-order chi connectivity index (χ0) is 20.5. The van der Waals surface area contributed by atoms with E-state index < -0.39 is 29.7 Å². The Hall–Kier alpha value is -2.20. The Bertz CT molecular complexity index is 899. The number of carbonyl (C=O) groups is 1. The number of hydrazine groups is 1. The third-order valence-corrected chi connectivity index (χ3v) is 4.96. The molecule has 1 saturated heterocycles. The zero-order valence-corrected chi connectivity index (χ0v) is 15.6. The summed E-state index contributed by atoms with van der Waals surface area (Å²) < 4.78 is 49.0. The number of alkyl halides is 2. The van der Waals surface area contributed by atoms with E-state index in [0.29, 0.717) is 0 Å². The normalized spacial score (nSPS) is 22.5. The monoisotopic (exact) mass is 414 g/mol. The number of hydrogen-bond donors (Lipinski definition) is 2. The summed E-state index contributed by atoms with van der Waals surface area (Å²) in [5, 5.41) is 3.68. The summed E-state index contributed by atoms with van der Waals surface area (Å²) in [6.07, 6.45) is 1.39. The Morgan fingerprint density at radius 2 is 2.14 bits per heavy atom. The molecule has 6 nitrogen and oxygen atoms in total. The van der Waals surface area contributed by atoms with Gasteiger partial charge in [0.05, 0.1) is 10.4 Å². The van der Waals surface area contributed by atoms with Crippen molar-refractivity contribution in [1.29, 1.82) is 0 Å². The van der Waals surface area contributed by atoms with Crippen LogP contribution < -0.4 is 11.2 Å². The van der Waals surface area contributed by atoms with Gasteiger partial charge in [-0.3, -0.25) is 10.6 Å². The Balaban J connectivity index is 1.97. The lowest BCUT2D eigenvalue weighted by Crippen LogP contribution is -2.52. The molecule has 0 saturated carbocycles. The van der Waals surface area contributed by atoms with Crippen molar-refractivity contribution in [2.45, 2.75) is 18.3 Å². The van der Waals surface area contributed by atoms with Crippen LogP contribution in [-0.2, 0) is 10.2 Å². The Morgan fingerprint density at radius 3 is 2.86 bits per heavy atom. The van der Waals surface area contributed by atoms with Crippen molar-refractivity contribution in [3.05, 3.63) is 58.6 Å². The molecule has 150 valence electrons. The molecule has 0 bridgehead atoms. The van der Waals surface area contributed by atoms with Crippen LogP contribution in [0.15, 0.2) is 36.5 Å². The summed E-state index contributed by atoms with van der Waals surface area (Å²) in [4.78, 5) is 16.3. The first kappa shape index (κ1) is 20.5. The number of nitrogens with zero attached hydrogens (tertiary/aromatic N) is 2. The van der Waals surface area contributed by atoms with E-state index in [2.05, 4.69) is 10.3 Å². The van der Waals surface area contributed by atoms with Gasteiger partial charge in [0, 0.05) is 24.0 Å². The van der Waals surface area contributed by atoms with Crippen LogP contribution in [0.1, 0.15) is 23.0 Å². The van der Waals surface area contributed by atoms with Crippen LogP contribution in [0.4, 0.5) is 18.9 Å². The van der Waals surface area contributed by atoms with Crippen LogP contribution in [0, 0.1) is 5.82 Å². The van der Waals surface area contributed by atoms with Gasteiger partial charge < -0.3 is 10.1 Å². The van der Waals surface area contributed by atoms with Gasteiger partial charge in [-0.1, -0.05) is 11.6 Å². The maximum Gasteiger partial charge on any atom is 0.281 e. The number of hydrogen-bond acceptors (Lipinski definition) is 5. The molecule has 1 unspecified atom stereocenters. The third-order valence-electron chi connectivity index (χ3n) is 4.66. The molecule has 3 N–H and O–H groups in total. The van der Waals surface area contributed by atoms with E-state index in [4.69, 9.17) is 22.2 Å². The van der Waals surface area contributed by atoms with E-state index in [9.17, 15) is 18.0 Å². The van der Waals surface area contributed by atoms with Crippen molar-refractivity contribution in [2.75, 3.05) is 25.2 Å². The average molecular weight is 415 g/mol. The number of carbonyl (C=O) groups excluding carboxylic acids is 1. The second-order valence-electron chi connectivity index (χ2n) is 6.74. The number of nitrogens with two attached hydrogens (primary N) is 1. The molecule has 2 heterocycles. The lowest BCUT2D eigenvalue weighted by Gasteiger charge is -2.37. The highest BCUT2D eigenvalue weighted by molar-refractivity contribution is 6.34. The number of aromatic nitrogens is 1. The summed E-state index contributed by atoms with van der Waals surface area (Å²) >= 11 is 5.94. The second-order valence-corrected chi connectivity index (χ2v) is 7.15. The molecule has 10 heteroatoms. The predicted molar refractivity (Wildman–Crippen MR) is 97.6 cm³/mol. The van der Waals surface area contributed by atoms with E-state index in [0.717, 1.165) is 17.1 Å². The van der Waals surface area contributed by atoms with Gasteiger partial charge in [0.15, 0.2) is 0 Å². The molecule has 0 radical (unpaired) electrons. The van der Waals surface area contributed by atoms with Crippen molar-refractivity contribution in [1.82, 2.24) is 9.99 Å². The van der Waals surface area contributed by atoms with Gasteiger partial charge in [0.1, 0.15) is 24.8 Å². The standard InChI is InChI=1S/C18H18ClF3N4O2/c1-17(8-26(23)10-28-9-18(17,21)22)12-7-11(4-5-14(12)20)25-16(27)15-13(19)3-2-6-24-15/h2-7H,8-10,23H2,1H3,(H,25,27). The van der Waals surface area contributed by atoms with E-state index in [-0.39, 0.29) is 35.2 Å². The predicted octanol–water partition coefficient (Wildman–Crippen LogP) is 3.18. The van der Waals surface area contributed by atoms with Gasteiger partial charge in [-0.2, -0.15) is 0 Å². The molecular weight excluding hydrogens is 397 g/mol. The molecule has 1 aliphatic heterocycles. The van der Waals surface area contributed by atoms with E-state index in [1.807, 2.05) is 0 Å². The lowest BCUT2D eigenvalue weighted by atomic mass is 9.76. The molecule has 1 aromatic carbocycles. The second kappa shape index (κ2) is 7.67. The van der Waals surface area contributed by atoms with Gasteiger partial charge in [0.25, 0.3) is 11.8 Å². The number of amides is 1. The fourth-order valence-electron chi connectivity index (χ4n) is 3.07. The van der Waals surface area contributed by atoms with Crippen LogP contribution >= 0.6 is 11.6 Å². The lowest BCUT2D eigenvalue weighted by molar-refractivity contribution is -0.111. The molecule has 0 spiro atoms. The van der Waals surface area contributed by atoms with E-state index >= 15 is 0 Å². The first-order chi connectivity index (χ1) is 13.1. The molecule has 1 aromatic heterocycles. The smallest absolute Gasteiger partial charge is 0.281 e. The van der Waals surface area contributed by atoms with Gasteiger partial charge in [0.2, 0.25) is 0 Å². The molecule has 1 fully saturated rings. The van der Waals surface area contributed by atoms with Crippen molar-refractivity contribution in [3.8, 4) is 0 Å². The first-order valence-corrected chi connectivity index (χ1v) is 8.69. The minimum Gasteiger partial charge on any atom is -0.359 e.